The molecule has 0 radical (unpaired) electrons. The maximum atomic E-state index is 10.5. The van der Waals surface area contributed by atoms with Crippen molar-refractivity contribution in [2.75, 3.05) is 6.61 Å². The molecule has 0 fully saturated rings. The number of nitrogens with zero attached hydrogens (tertiary/aromatic N) is 3. The molecular formula is C10H9N3O2S. The fraction of sp³-hybridized carbons (Fsp3) is 0.200. The Morgan fingerprint density at radius 3 is 3.00 bits per heavy atom. The number of aromatic nitrogens is 3. The number of thiazole rings is 1. The van der Waals surface area contributed by atoms with E-state index in [1.54, 1.807) is 12.4 Å². The zero-order valence-corrected chi connectivity index (χ0v) is 9.40. The first-order chi connectivity index (χ1) is 7.83. The number of ether oxygens (including phenoxy) is 1. The maximum Gasteiger partial charge on any atom is 0.232 e. The lowest BCUT2D eigenvalue weighted by Gasteiger charge is -2.01. The monoisotopic (exact) mass is 235 g/mol. The van der Waals surface area contributed by atoms with Crippen molar-refractivity contribution in [1.82, 2.24) is 15.0 Å². The number of carbonyl (C=O) groups excluding carboxylic acids is 1. The van der Waals surface area contributed by atoms with Crippen molar-refractivity contribution >= 4 is 17.6 Å². The van der Waals surface area contributed by atoms with Crippen LogP contribution in [-0.4, -0.2) is 27.8 Å². The van der Waals surface area contributed by atoms with E-state index in [9.17, 15) is 4.79 Å². The van der Waals surface area contributed by atoms with Gasteiger partial charge in [0.25, 0.3) is 0 Å². The van der Waals surface area contributed by atoms with Gasteiger partial charge in [-0.2, -0.15) is 0 Å². The van der Waals surface area contributed by atoms with Crippen LogP contribution in [0.25, 0.3) is 10.7 Å². The maximum absolute atomic E-state index is 10.5. The Morgan fingerprint density at radius 1 is 1.44 bits per heavy atom. The number of hydrogen-bond donors (Lipinski definition) is 0. The molecule has 0 unspecified atom stereocenters. The summed E-state index contributed by atoms with van der Waals surface area (Å²) < 4.78 is 5.23. The van der Waals surface area contributed by atoms with Gasteiger partial charge in [0.05, 0.1) is 23.9 Å². The van der Waals surface area contributed by atoms with Crippen LogP contribution in [0.4, 0.5) is 0 Å². The Labute approximate surface area is 96.2 Å². The number of aldehydes is 1. The second-order valence-corrected chi connectivity index (χ2v) is 3.92. The summed E-state index contributed by atoms with van der Waals surface area (Å²) in [6.45, 7) is 2.41. The Bertz CT molecular complexity index is 498. The zero-order valence-electron chi connectivity index (χ0n) is 8.58. The third-order valence-corrected chi connectivity index (χ3v) is 2.71. The van der Waals surface area contributed by atoms with Crippen molar-refractivity contribution < 1.29 is 9.53 Å². The molecule has 0 aromatic carbocycles. The van der Waals surface area contributed by atoms with Gasteiger partial charge in [0, 0.05) is 6.20 Å². The highest BCUT2D eigenvalue weighted by molar-refractivity contribution is 7.16. The van der Waals surface area contributed by atoms with Crippen LogP contribution < -0.4 is 4.74 Å². The second-order valence-electron chi connectivity index (χ2n) is 2.86. The zero-order chi connectivity index (χ0) is 11.4. The number of rotatable bonds is 4. The summed E-state index contributed by atoms with van der Waals surface area (Å²) in [5, 5.41) is 0.663. The molecule has 2 rings (SSSR count). The van der Waals surface area contributed by atoms with E-state index < -0.39 is 0 Å². The summed E-state index contributed by atoms with van der Waals surface area (Å²) in [5.41, 5.74) is 0.615. The molecule has 2 aromatic heterocycles. The summed E-state index contributed by atoms with van der Waals surface area (Å²) in [7, 11) is 0. The number of carbonyl (C=O) groups is 1. The van der Waals surface area contributed by atoms with Crippen LogP contribution in [-0.2, 0) is 0 Å². The molecule has 0 bridgehead atoms. The van der Waals surface area contributed by atoms with Crippen LogP contribution in [0.5, 0.6) is 5.88 Å². The molecule has 0 atom stereocenters. The molecule has 0 aliphatic carbocycles. The molecule has 6 heteroatoms. The fourth-order valence-electron chi connectivity index (χ4n) is 1.13. The lowest BCUT2D eigenvalue weighted by molar-refractivity contribution is 0.112. The van der Waals surface area contributed by atoms with E-state index in [0.717, 1.165) is 6.29 Å². The van der Waals surface area contributed by atoms with E-state index in [1.165, 1.54) is 17.5 Å². The Balaban J connectivity index is 2.32. The molecule has 0 spiro atoms. The molecule has 0 saturated carbocycles. The number of hydrogen-bond acceptors (Lipinski definition) is 6. The van der Waals surface area contributed by atoms with Crippen LogP contribution in [0.1, 0.15) is 16.6 Å². The molecule has 82 valence electrons. The highest BCUT2D eigenvalue weighted by Gasteiger charge is 2.07. The fourth-order valence-corrected chi connectivity index (χ4v) is 1.81. The third kappa shape index (κ3) is 2.22. The van der Waals surface area contributed by atoms with Crippen LogP contribution in [0.2, 0.25) is 0 Å². The summed E-state index contributed by atoms with van der Waals surface area (Å²) in [6, 6.07) is 0. The van der Waals surface area contributed by atoms with Crippen LogP contribution in [0, 0.1) is 0 Å². The predicted octanol–water partition coefficient (Wildman–Crippen LogP) is 1.81. The van der Waals surface area contributed by atoms with Crippen molar-refractivity contribution in [2.45, 2.75) is 6.92 Å². The normalized spacial score (nSPS) is 10.1. The standard InChI is InChI=1S/C10H9N3O2S/c1-2-15-9-5-11-4-8(13-9)10-12-3-7(6-14)16-10/h3-6H,2H2,1H3. The van der Waals surface area contributed by atoms with Crippen molar-refractivity contribution in [3.8, 4) is 16.6 Å². The smallest absolute Gasteiger partial charge is 0.232 e. The first-order valence-corrected chi connectivity index (χ1v) is 5.51. The Kier molecular flexibility index (Phi) is 3.21. The van der Waals surface area contributed by atoms with Gasteiger partial charge < -0.3 is 4.74 Å². The van der Waals surface area contributed by atoms with E-state index in [-0.39, 0.29) is 0 Å². The van der Waals surface area contributed by atoms with Gasteiger partial charge in [0.2, 0.25) is 5.88 Å². The van der Waals surface area contributed by atoms with E-state index in [0.29, 0.717) is 28.1 Å². The van der Waals surface area contributed by atoms with Crippen LogP contribution in [0.3, 0.4) is 0 Å². The molecule has 0 aliphatic heterocycles. The summed E-state index contributed by atoms with van der Waals surface area (Å²) >= 11 is 1.28. The van der Waals surface area contributed by atoms with Gasteiger partial charge in [0.15, 0.2) is 6.29 Å². The lowest BCUT2D eigenvalue weighted by atomic mass is 10.5. The quantitative estimate of drug-likeness (QED) is 0.756. The van der Waals surface area contributed by atoms with Crippen LogP contribution in [0.15, 0.2) is 18.6 Å². The molecule has 0 aliphatic rings. The van der Waals surface area contributed by atoms with Gasteiger partial charge >= 0.3 is 0 Å². The largest absolute Gasteiger partial charge is 0.477 e. The highest BCUT2D eigenvalue weighted by atomic mass is 32.1. The SMILES string of the molecule is CCOc1cncc(-c2ncc(C=O)s2)n1. The molecule has 0 saturated heterocycles. The molecular weight excluding hydrogens is 226 g/mol. The van der Waals surface area contributed by atoms with Gasteiger partial charge in [-0.05, 0) is 6.92 Å². The van der Waals surface area contributed by atoms with E-state index in [1.807, 2.05) is 6.92 Å². The van der Waals surface area contributed by atoms with Crippen molar-refractivity contribution in [1.29, 1.82) is 0 Å². The summed E-state index contributed by atoms with van der Waals surface area (Å²) in [4.78, 5) is 23.4. The van der Waals surface area contributed by atoms with E-state index in [2.05, 4.69) is 15.0 Å². The van der Waals surface area contributed by atoms with Crippen molar-refractivity contribution in [3.05, 3.63) is 23.5 Å². The molecule has 16 heavy (non-hydrogen) atoms. The van der Waals surface area contributed by atoms with E-state index >= 15 is 0 Å². The minimum atomic E-state index is 0.461. The minimum Gasteiger partial charge on any atom is -0.477 e. The topological polar surface area (TPSA) is 65.0 Å². The minimum absolute atomic E-state index is 0.461. The summed E-state index contributed by atoms with van der Waals surface area (Å²) in [5.74, 6) is 0.461. The van der Waals surface area contributed by atoms with Crippen molar-refractivity contribution in [2.24, 2.45) is 0 Å². The van der Waals surface area contributed by atoms with Crippen LogP contribution >= 0.6 is 11.3 Å². The average Bonchev–Trinajstić information content (AvgIpc) is 2.78. The first kappa shape index (κ1) is 10.7. The third-order valence-electron chi connectivity index (χ3n) is 1.76. The molecule has 5 nitrogen and oxygen atoms in total. The second kappa shape index (κ2) is 4.80. The Morgan fingerprint density at radius 2 is 2.31 bits per heavy atom. The van der Waals surface area contributed by atoms with Gasteiger partial charge in [-0.3, -0.25) is 9.78 Å². The molecule has 2 aromatic rings. The van der Waals surface area contributed by atoms with Gasteiger partial charge in [-0.25, -0.2) is 9.97 Å². The van der Waals surface area contributed by atoms with Crippen molar-refractivity contribution in [3.63, 3.8) is 0 Å². The first-order valence-electron chi connectivity index (χ1n) is 4.69. The molecule has 0 amide bonds. The van der Waals surface area contributed by atoms with Gasteiger partial charge in [0.1, 0.15) is 10.7 Å². The lowest BCUT2D eigenvalue weighted by Crippen LogP contribution is -1.96. The molecule has 0 N–H and O–H groups in total. The average molecular weight is 235 g/mol. The van der Waals surface area contributed by atoms with E-state index in [4.69, 9.17) is 4.74 Å². The highest BCUT2D eigenvalue weighted by Crippen LogP contribution is 2.23. The molecule has 2 heterocycles. The predicted molar refractivity (Wildman–Crippen MR) is 59.7 cm³/mol. The van der Waals surface area contributed by atoms with Gasteiger partial charge in [-0.1, -0.05) is 0 Å². The Hall–Kier alpha value is -1.82. The van der Waals surface area contributed by atoms with Gasteiger partial charge in [-0.15, -0.1) is 11.3 Å². The summed E-state index contributed by atoms with van der Waals surface area (Å²) in [6.07, 6.45) is 5.42.